The zero-order chi connectivity index (χ0) is 16.5. The van der Waals surface area contributed by atoms with Crippen LogP contribution in [0.25, 0.3) is 0 Å². The molecule has 1 atom stereocenters. The van der Waals surface area contributed by atoms with Gasteiger partial charge >= 0.3 is 11.9 Å². The summed E-state index contributed by atoms with van der Waals surface area (Å²) in [5, 5.41) is 0. The minimum atomic E-state index is -0.930. The van der Waals surface area contributed by atoms with Gasteiger partial charge in [0.15, 0.2) is 0 Å². The number of carbonyl (C=O) groups is 3. The fraction of sp³-hybridized carbons (Fsp3) is 0.688. The first kappa shape index (κ1) is 16.5. The molecule has 2 rings (SSSR count). The molecular formula is C16H23NO5. The summed E-state index contributed by atoms with van der Waals surface area (Å²) < 4.78 is 10.4. The van der Waals surface area contributed by atoms with Crippen molar-refractivity contribution < 1.29 is 23.9 Å². The lowest BCUT2D eigenvalue weighted by molar-refractivity contribution is -0.157. The van der Waals surface area contributed by atoms with E-state index in [0.717, 1.165) is 5.57 Å². The van der Waals surface area contributed by atoms with E-state index >= 15 is 0 Å². The molecule has 1 amide bonds. The van der Waals surface area contributed by atoms with Crippen molar-refractivity contribution >= 4 is 17.8 Å². The Balaban J connectivity index is 2.18. The van der Waals surface area contributed by atoms with Crippen LogP contribution in [0.15, 0.2) is 11.6 Å². The molecule has 0 aromatic carbocycles. The minimum Gasteiger partial charge on any atom is -0.464 e. The standard InChI is InChI=1S/C16H23NO5/c1-5-21-14(20)16-7-6-12(18)17(16)10-11(9-16)8-13(19)22-15(2,3)4/h8H,5-7,9-10H2,1-4H3/b11-8-/t16-/m0/s1. The lowest BCUT2D eigenvalue weighted by Gasteiger charge is -2.28. The maximum atomic E-state index is 12.3. The van der Waals surface area contributed by atoms with E-state index in [1.165, 1.54) is 6.08 Å². The molecule has 22 heavy (non-hydrogen) atoms. The van der Waals surface area contributed by atoms with Crippen LogP contribution in [-0.2, 0) is 23.9 Å². The molecule has 0 radical (unpaired) electrons. The van der Waals surface area contributed by atoms with Crippen molar-refractivity contribution in [3.63, 3.8) is 0 Å². The van der Waals surface area contributed by atoms with Crippen molar-refractivity contribution in [2.45, 2.75) is 58.1 Å². The summed E-state index contributed by atoms with van der Waals surface area (Å²) in [4.78, 5) is 37.7. The average molecular weight is 309 g/mol. The molecular weight excluding hydrogens is 286 g/mol. The van der Waals surface area contributed by atoms with Crippen molar-refractivity contribution in [3.8, 4) is 0 Å². The lowest BCUT2D eigenvalue weighted by Crippen LogP contribution is -2.48. The number of carbonyl (C=O) groups excluding carboxylic acids is 3. The normalized spacial score (nSPS) is 26.3. The van der Waals surface area contributed by atoms with E-state index in [1.807, 2.05) is 0 Å². The van der Waals surface area contributed by atoms with Crippen LogP contribution in [0.4, 0.5) is 0 Å². The lowest BCUT2D eigenvalue weighted by atomic mass is 9.92. The fourth-order valence-corrected chi connectivity index (χ4v) is 3.02. The van der Waals surface area contributed by atoms with Crippen LogP contribution in [0.1, 0.15) is 47.0 Å². The van der Waals surface area contributed by atoms with Gasteiger partial charge < -0.3 is 14.4 Å². The quantitative estimate of drug-likeness (QED) is 0.584. The second-order valence-electron chi connectivity index (χ2n) is 6.74. The molecule has 2 fully saturated rings. The number of rotatable bonds is 3. The van der Waals surface area contributed by atoms with Gasteiger partial charge in [-0.1, -0.05) is 0 Å². The fourth-order valence-electron chi connectivity index (χ4n) is 3.02. The second-order valence-corrected chi connectivity index (χ2v) is 6.74. The number of ether oxygens (including phenoxy) is 2. The van der Waals surface area contributed by atoms with Gasteiger partial charge in [-0.25, -0.2) is 9.59 Å². The SMILES string of the molecule is CCOC(=O)[C@@]12CCC(=O)N1C/C(=C\C(=O)OC(C)(C)C)C2. The van der Waals surface area contributed by atoms with Crippen molar-refractivity contribution in [1.82, 2.24) is 4.90 Å². The zero-order valence-electron chi connectivity index (χ0n) is 13.6. The van der Waals surface area contributed by atoms with Gasteiger partial charge in [-0.3, -0.25) is 4.79 Å². The highest BCUT2D eigenvalue weighted by Crippen LogP contribution is 2.42. The first-order valence-corrected chi connectivity index (χ1v) is 7.58. The van der Waals surface area contributed by atoms with Crippen LogP contribution in [0.2, 0.25) is 0 Å². The van der Waals surface area contributed by atoms with Crippen LogP contribution < -0.4 is 0 Å². The van der Waals surface area contributed by atoms with Crippen molar-refractivity contribution in [2.75, 3.05) is 13.2 Å². The summed E-state index contributed by atoms with van der Waals surface area (Å²) in [5.74, 6) is -0.899. The summed E-state index contributed by atoms with van der Waals surface area (Å²) in [6.45, 7) is 7.67. The van der Waals surface area contributed by atoms with Gasteiger partial charge in [0.25, 0.3) is 0 Å². The largest absolute Gasteiger partial charge is 0.464 e. The number of fused-ring (bicyclic) bond motifs is 1. The van der Waals surface area contributed by atoms with E-state index in [0.29, 0.717) is 19.3 Å². The predicted octanol–water partition coefficient (Wildman–Crippen LogP) is 1.58. The molecule has 6 heteroatoms. The highest BCUT2D eigenvalue weighted by atomic mass is 16.6. The third-order valence-corrected chi connectivity index (χ3v) is 3.84. The molecule has 2 heterocycles. The van der Waals surface area contributed by atoms with E-state index in [9.17, 15) is 14.4 Å². The monoisotopic (exact) mass is 309 g/mol. The molecule has 122 valence electrons. The molecule has 0 unspecified atom stereocenters. The Labute approximate surface area is 130 Å². The highest BCUT2D eigenvalue weighted by molar-refractivity contribution is 5.94. The molecule has 0 bridgehead atoms. The molecule has 0 N–H and O–H groups in total. The van der Waals surface area contributed by atoms with E-state index in [4.69, 9.17) is 9.47 Å². The third-order valence-electron chi connectivity index (χ3n) is 3.84. The maximum absolute atomic E-state index is 12.3. The molecule has 0 aliphatic carbocycles. The van der Waals surface area contributed by atoms with Crippen LogP contribution in [0, 0.1) is 0 Å². The Kier molecular flexibility index (Phi) is 4.31. The Morgan fingerprint density at radius 2 is 2.05 bits per heavy atom. The van der Waals surface area contributed by atoms with Gasteiger partial charge in [-0.2, -0.15) is 0 Å². The number of nitrogens with zero attached hydrogens (tertiary/aromatic N) is 1. The van der Waals surface area contributed by atoms with Crippen molar-refractivity contribution in [1.29, 1.82) is 0 Å². The number of amides is 1. The first-order valence-electron chi connectivity index (χ1n) is 7.58. The van der Waals surface area contributed by atoms with Gasteiger partial charge in [0.05, 0.1) is 6.61 Å². The molecule has 0 spiro atoms. The second kappa shape index (κ2) is 5.74. The zero-order valence-corrected chi connectivity index (χ0v) is 13.6. The minimum absolute atomic E-state index is 0.0689. The number of esters is 2. The molecule has 2 aliphatic heterocycles. The average Bonchev–Trinajstić information content (AvgIpc) is 2.86. The van der Waals surface area contributed by atoms with Crippen LogP contribution in [0.3, 0.4) is 0 Å². The summed E-state index contributed by atoms with van der Waals surface area (Å²) in [7, 11) is 0. The Morgan fingerprint density at radius 1 is 1.36 bits per heavy atom. The molecule has 0 aromatic rings. The van der Waals surface area contributed by atoms with E-state index in [-0.39, 0.29) is 25.0 Å². The topological polar surface area (TPSA) is 72.9 Å². The summed E-state index contributed by atoms with van der Waals surface area (Å²) in [6.07, 6.45) is 2.53. The molecule has 0 saturated carbocycles. The van der Waals surface area contributed by atoms with Crippen LogP contribution >= 0.6 is 0 Å². The molecule has 2 saturated heterocycles. The highest BCUT2D eigenvalue weighted by Gasteiger charge is 2.56. The number of hydrogen-bond acceptors (Lipinski definition) is 5. The van der Waals surface area contributed by atoms with Gasteiger partial charge in [0.1, 0.15) is 11.1 Å². The molecule has 2 aliphatic rings. The van der Waals surface area contributed by atoms with Crippen LogP contribution in [-0.4, -0.2) is 47.0 Å². The molecule has 0 aromatic heterocycles. The van der Waals surface area contributed by atoms with Crippen molar-refractivity contribution in [2.24, 2.45) is 0 Å². The van der Waals surface area contributed by atoms with Crippen LogP contribution in [0.5, 0.6) is 0 Å². The van der Waals surface area contributed by atoms with Gasteiger partial charge in [0.2, 0.25) is 5.91 Å². The Bertz CT molecular complexity index is 531. The summed E-state index contributed by atoms with van der Waals surface area (Å²) >= 11 is 0. The van der Waals surface area contributed by atoms with Gasteiger partial charge in [-0.05, 0) is 39.7 Å². The maximum Gasteiger partial charge on any atom is 0.332 e. The summed E-state index contributed by atoms with van der Waals surface area (Å²) in [6, 6.07) is 0. The van der Waals surface area contributed by atoms with Gasteiger partial charge in [0, 0.05) is 25.5 Å². The number of hydrogen-bond donors (Lipinski definition) is 0. The van der Waals surface area contributed by atoms with E-state index in [1.54, 1.807) is 32.6 Å². The summed E-state index contributed by atoms with van der Waals surface area (Å²) in [5.41, 5.74) is -0.770. The Hall–Kier alpha value is -1.85. The smallest absolute Gasteiger partial charge is 0.332 e. The van der Waals surface area contributed by atoms with E-state index in [2.05, 4.69) is 0 Å². The first-order chi connectivity index (χ1) is 10.2. The predicted molar refractivity (Wildman–Crippen MR) is 78.9 cm³/mol. The van der Waals surface area contributed by atoms with Crippen molar-refractivity contribution in [3.05, 3.63) is 11.6 Å². The van der Waals surface area contributed by atoms with E-state index < -0.39 is 17.1 Å². The third kappa shape index (κ3) is 3.15. The Morgan fingerprint density at radius 3 is 2.64 bits per heavy atom. The molecule has 6 nitrogen and oxygen atoms in total. The van der Waals surface area contributed by atoms with Gasteiger partial charge in [-0.15, -0.1) is 0 Å².